The number of rotatable bonds is 5. The van der Waals surface area contributed by atoms with E-state index in [-0.39, 0.29) is 17.9 Å². The third kappa shape index (κ3) is 3.17. The predicted octanol–water partition coefficient (Wildman–Crippen LogP) is 1.52. The lowest BCUT2D eigenvalue weighted by atomic mass is 10.1. The largest absolute Gasteiger partial charge is 0.398 e. The maximum Gasteiger partial charge on any atom is 0.241 e. The van der Waals surface area contributed by atoms with Gasteiger partial charge < -0.3 is 5.73 Å². The van der Waals surface area contributed by atoms with Crippen molar-refractivity contribution < 1.29 is 12.8 Å². The van der Waals surface area contributed by atoms with Crippen LogP contribution in [0.15, 0.2) is 17.0 Å². The molecule has 1 aromatic rings. The van der Waals surface area contributed by atoms with E-state index in [1.54, 1.807) is 26.0 Å². The van der Waals surface area contributed by atoms with Crippen LogP contribution in [-0.2, 0) is 10.0 Å². The molecule has 1 aromatic carbocycles. The van der Waals surface area contributed by atoms with Crippen LogP contribution in [-0.4, -0.2) is 21.6 Å². The SMILES string of the molecule is Cc1ccc(N)c(C)c1S(=O)(=O)NCCCF. The second kappa shape index (κ2) is 5.46. The number of hydrogen-bond acceptors (Lipinski definition) is 3. The summed E-state index contributed by atoms with van der Waals surface area (Å²) in [6.45, 7) is 2.91. The first kappa shape index (κ1) is 13.9. The van der Waals surface area contributed by atoms with Crippen LogP contribution < -0.4 is 10.5 Å². The first-order chi connectivity index (χ1) is 7.90. The second-order valence-corrected chi connectivity index (χ2v) is 5.57. The molecule has 0 fully saturated rings. The van der Waals surface area contributed by atoms with Gasteiger partial charge in [0.15, 0.2) is 0 Å². The summed E-state index contributed by atoms with van der Waals surface area (Å²) in [7, 11) is -3.61. The van der Waals surface area contributed by atoms with E-state index in [0.29, 0.717) is 16.8 Å². The van der Waals surface area contributed by atoms with Gasteiger partial charge in [-0.1, -0.05) is 6.07 Å². The Balaban J connectivity index is 3.11. The van der Waals surface area contributed by atoms with Gasteiger partial charge in [-0.25, -0.2) is 13.1 Å². The molecule has 0 amide bonds. The summed E-state index contributed by atoms with van der Waals surface area (Å²) in [4.78, 5) is 0.191. The van der Waals surface area contributed by atoms with E-state index in [0.717, 1.165) is 0 Å². The predicted molar refractivity (Wildman–Crippen MR) is 66.1 cm³/mol. The normalized spacial score (nSPS) is 11.7. The smallest absolute Gasteiger partial charge is 0.241 e. The van der Waals surface area contributed by atoms with Gasteiger partial charge in [-0.2, -0.15) is 0 Å². The van der Waals surface area contributed by atoms with Gasteiger partial charge in [-0.15, -0.1) is 0 Å². The molecule has 3 N–H and O–H groups in total. The maximum atomic E-state index is 12.0. The molecule has 0 saturated carbocycles. The Labute approximate surface area is 101 Å². The molecule has 0 spiro atoms. The van der Waals surface area contributed by atoms with E-state index in [1.165, 1.54) is 0 Å². The molecule has 6 heteroatoms. The number of anilines is 1. The highest BCUT2D eigenvalue weighted by atomic mass is 32.2. The Morgan fingerprint density at radius 1 is 1.35 bits per heavy atom. The van der Waals surface area contributed by atoms with Crippen molar-refractivity contribution in [3.05, 3.63) is 23.3 Å². The summed E-state index contributed by atoms with van der Waals surface area (Å²) >= 11 is 0. The summed E-state index contributed by atoms with van der Waals surface area (Å²) in [5, 5.41) is 0. The van der Waals surface area contributed by atoms with Crippen LogP contribution in [0, 0.1) is 13.8 Å². The van der Waals surface area contributed by atoms with Crippen LogP contribution in [0.25, 0.3) is 0 Å². The van der Waals surface area contributed by atoms with Crippen molar-refractivity contribution in [3.63, 3.8) is 0 Å². The number of benzene rings is 1. The highest BCUT2D eigenvalue weighted by molar-refractivity contribution is 7.89. The molecular formula is C11H17FN2O2S. The van der Waals surface area contributed by atoms with Crippen LogP contribution in [0.4, 0.5) is 10.1 Å². The standard InChI is InChI=1S/C11H17FN2O2S/c1-8-4-5-10(13)9(2)11(8)17(15,16)14-7-3-6-12/h4-5,14H,3,6-7,13H2,1-2H3. The summed E-state index contributed by atoms with van der Waals surface area (Å²) in [5.74, 6) is 0. The second-order valence-electron chi connectivity index (χ2n) is 3.87. The van der Waals surface area contributed by atoms with Crippen molar-refractivity contribution in [2.75, 3.05) is 19.0 Å². The number of alkyl halides is 1. The number of aryl methyl sites for hydroxylation is 1. The van der Waals surface area contributed by atoms with E-state index in [9.17, 15) is 12.8 Å². The first-order valence-electron chi connectivity index (χ1n) is 5.31. The molecule has 0 aliphatic carbocycles. The van der Waals surface area contributed by atoms with Crippen molar-refractivity contribution in [1.29, 1.82) is 0 Å². The van der Waals surface area contributed by atoms with Crippen molar-refractivity contribution in [1.82, 2.24) is 4.72 Å². The zero-order valence-electron chi connectivity index (χ0n) is 9.96. The Morgan fingerprint density at radius 2 is 2.00 bits per heavy atom. The fraction of sp³-hybridized carbons (Fsp3) is 0.455. The molecule has 0 aliphatic heterocycles. The lowest BCUT2D eigenvalue weighted by Crippen LogP contribution is -2.26. The van der Waals surface area contributed by atoms with Gasteiger partial charge in [0.2, 0.25) is 10.0 Å². The van der Waals surface area contributed by atoms with Crippen LogP contribution >= 0.6 is 0 Å². The van der Waals surface area contributed by atoms with Gasteiger partial charge in [0.25, 0.3) is 0 Å². The quantitative estimate of drug-likeness (QED) is 0.623. The van der Waals surface area contributed by atoms with Gasteiger partial charge in [0.1, 0.15) is 0 Å². The van der Waals surface area contributed by atoms with Gasteiger partial charge in [-0.3, -0.25) is 4.39 Å². The zero-order chi connectivity index (χ0) is 13.1. The van der Waals surface area contributed by atoms with Crippen molar-refractivity contribution in [2.24, 2.45) is 0 Å². The third-order valence-corrected chi connectivity index (χ3v) is 4.27. The minimum absolute atomic E-state index is 0.0898. The van der Waals surface area contributed by atoms with E-state index in [2.05, 4.69) is 4.72 Å². The van der Waals surface area contributed by atoms with Crippen LogP contribution in [0.5, 0.6) is 0 Å². The van der Waals surface area contributed by atoms with E-state index >= 15 is 0 Å². The Kier molecular flexibility index (Phi) is 4.47. The lowest BCUT2D eigenvalue weighted by molar-refractivity contribution is 0.470. The summed E-state index contributed by atoms with van der Waals surface area (Å²) in [6.07, 6.45) is 0.166. The number of sulfonamides is 1. The van der Waals surface area contributed by atoms with Crippen molar-refractivity contribution in [2.45, 2.75) is 25.2 Å². The van der Waals surface area contributed by atoms with Gasteiger partial charge in [0.05, 0.1) is 11.6 Å². The highest BCUT2D eigenvalue weighted by Crippen LogP contribution is 2.24. The third-order valence-electron chi connectivity index (χ3n) is 2.52. The number of hydrogen-bond donors (Lipinski definition) is 2. The first-order valence-corrected chi connectivity index (χ1v) is 6.79. The van der Waals surface area contributed by atoms with Crippen LogP contribution in [0.3, 0.4) is 0 Å². The monoisotopic (exact) mass is 260 g/mol. The maximum absolute atomic E-state index is 12.0. The molecule has 0 aromatic heterocycles. The lowest BCUT2D eigenvalue weighted by Gasteiger charge is -2.13. The van der Waals surface area contributed by atoms with Crippen molar-refractivity contribution >= 4 is 15.7 Å². The Bertz CT molecular complexity index is 500. The molecule has 4 nitrogen and oxygen atoms in total. The molecule has 0 unspecified atom stereocenters. The molecule has 0 bridgehead atoms. The fourth-order valence-corrected chi connectivity index (χ4v) is 3.17. The topological polar surface area (TPSA) is 72.2 Å². The molecule has 0 heterocycles. The minimum atomic E-state index is -3.61. The number of nitrogen functional groups attached to an aromatic ring is 1. The average Bonchev–Trinajstić information content (AvgIpc) is 2.24. The van der Waals surface area contributed by atoms with E-state index in [4.69, 9.17) is 5.73 Å². The van der Waals surface area contributed by atoms with Gasteiger partial charge in [0, 0.05) is 12.2 Å². The summed E-state index contributed by atoms with van der Waals surface area (Å²) in [6, 6.07) is 3.33. The minimum Gasteiger partial charge on any atom is -0.398 e. The number of nitrogens with two attached hydrogens (primary N) is 1. The molecule has 0 saturated heterocycles. The van der Waals surface area contributed by atoms with E-state index < -0.39 is 16.7 Å². The van der Waals surface area contributed by atoms with Gasteiger partial charge >= 0.3 is 0 Å². The van der Waals surface area contributed by atoms with Crippen LogP contribution in [0.1, 0.15) is 17.5 Å². The molecule has 0 radical (unpaired) electrons. The van der Waals surface area contributed by atoms with Gasteiger partial charge in [-0.05, 0) is 37.5 Å². The number of halogens is 1. The van der Waals surface area contributed by atoms with E-state index in [1.807, 2.05) is 0 Å². The summed E-state index contributed by atoms with van der Waals surface area (Å²) in [5.41, 5.74) is 7.28. The molecule has 96 valence electrons. The Morgan fingerprint density at radius 3 is 2.59 bits per heavy atom. The average molecular weight is 260 g/mol. The molecule has 0 aliphatic rings. The molecule has 0 atom stereocenters. The number of nitrogens with one attached hydrogen (secondary N) is 1. The fourth-order valence-electron chi connectivity index (χ4n) is 1.60. The van der Waals surface area contributed by atoms with Crippen LogP contribution in [0.2, 0.25) is 0 Å². The zero-order valence-corrected chi connectivity index (χ0v) is 10.8. The Hall–Kier alpha value is -1.14. The van der Waals surface area contributed by atoms with Crippen molar-refractivity contribution in [3.8, 4) is 0 Å². The molecule has 1 rings (SSSR count). The molecule has 17 heavy (non-hydrogen) atoms. The highest BCUT2D eigenvalue weighted by Gasteiger charge is 2.20. The summed E-state index contributed by atoms with van der Waals surface area (Å²) < 4.78 is 38.3. The molecular weight excluding hydrogens is 243 g/mol.